The van der Waals surface area contributed by atoms with Crippen LogP contribution in [-0.2, 0) is 21.3 Å². The number of rotatable bonds is 7. The van der Waals surface area contributed by atoms with Crippen molar-refractivity contribution < 1.29 is 23.6 Å². The van der Waals surface area contributed by atoms with E-state index in [4.69, 9.17) is 20.3 Å². The summed E-state index contributed by atoms with van der Waals surface area (Å²) in [5.41, 5.74) is 9.10. The predicted molar refractivity (Wildman–Crippen MR) is 122 cm³/mol. The first-order valence-electron chi connectivity index (χ1n) is 9.22. The van der Waals surface area contributed by atoms with Gasteiger partial charge in [0.15, 0.2) is 5.16 Å². The van der Waals surface area contributed by atoms with Crippen LogP contribution in [0.4, 0.5) is 0 Å². The molecule has 3 aromatic rings. The third kappa shape index (κ3) is 6.18. The number of ether oxygens (including phenoxy) is 2. The highest BCUT2D eigenvalue weighted by Crippen LogP contribution is 2.26. The molecule has 0 bridgehead atoms. The Labute approximate surface area is 188 Å². The highest BCUT2D eigenvalue weighted by atomic mass is 32.2. The quantitative estimate of drug-likeness (QED) is 0.389. The molecule has 0 fully saturated rings. The number of methoxy groups -OCH3 is 2. The average molecular weight is 467 g/mol. The smallest absolute Gasteiger partial charge is 0.321 e. The zero-order chi connectivity index (χ0) is 23.1. The molecule has 31 heavy (non-hydrogen) atoms. The SMILES string of the molecule is COc1ccc2nc(S(=O)Cc3ncc(C)c(OC)c3C)[nH]c2c1.N[C@@H](CS)C(=O)O. The van der Waals surface area contributed by atoms with Crippen molar-refractivity contribution in [3.63, 3.8) is 0 Å². The number of aromatic amines is 1. The zero-order valence-corrected chi connectivity index (χ0v) is 19.4. The number of aryl methyl sites for hydroxylation is 1. The topological polar surface area (TPSA) is 140 Å². The number of aliphatic carboxylic acids is 1. The predicted octanol–water partition coefficient (Wildman–Crippen LogP) is 2.23. The maximum atomic E-state index is 12.7. The number of imidazole rings is 1. The van der Waals surface area contributed by atoms with E-state index in [1.54, 1.807) is 20.4 Å². The van der Waals surface area contributed by atoms with Gasteiger partial charge in [-0.15, -0.1) is 0 Å². The maximum absolute atomic E-state index is 12.7. The van der Waals surface area contributed by atoms with Crippen molar-refractivity contribution in [2.75, 3.05) is 20.0 Å². The number of nitrogens with two attached hydrogens (primary N) is 1. The number of benzene rings is 1. The number of carboxylic acids is 1. The fourth-order valence-corrected chi connectivity index (χ4v) is 3.94. The minimum absolute atomic E-state index is 0.190. The Kier molecular flexibility index (Phi) is 8.84. The lowest BCUT2D eigenvalue weighted by atomic mass is 10.1. The second kappa shape index (κ2) is 11.1. The van der Waals surface area contributed by atoms with Crippen LogP contribution in [0.15, 0.2) is 29.6 Å². The van der Waals surface area contributed by atoms with Crippen molar-refractivity contribution in [3.05, 3.63) is 41.2 Å². The van der Waals surface area contributed by atoms with Crippen molar-refractivity contribution in [2.24, 2.45) is 5.73 Å². The number of aromatic nitrogens is 3. The molecule has 4 N–H and O–H groups in total. The molecule has 2 atom stereocenters. The van der Waals surface area contributed by atoms with Crippen LogP contribution in [0.25, 0.3) is 11.0 Å². The average Bonchev–Trinajstić information content (AvgIpc) is 3.19. The summed E-state index contributed by atoms with van der Waals surface area (Å²) >= 11 is 3.65. The number of nitrogens with one attached hydrogen (secondary N) is 1. The van der Waals surface area contributed by atoms with Crippen molar-refractivity contribution in [2.45, 2.75) is 30.8 Å². The summed E-state index contributed by atoms with van der Waals surface area (Å²) in [7, 11) is 1.91. The number of carbonyl (C=O) groups is 1. The Morgan fingerprint density at radius 3 is 2.58 bits per heavy atom. The van der Waals surface area contributed by atoms with Gasteiger partial charge in [0.25, 0.3) is 0 Å². The van der Waals surface area contributed by atoms with Crippen LogP contribution in [0.2, 0.25) is 0 Å². The maximum Gasteiger partial charge on any atom is 0.321 e. The Hall–Kier alpha value is -2.63. The third-order valence-corrected chi connectivity index (χ3v) is 5.97. The van der Waals surface area contributed by atoms with E-state index in [9.17, 15) is 9.00 Å². The number of thiol groups is 1. The van der Waals surface area contributed by atoms with Crippen molar-refractivity contribution >= 4 is 40.4 Å². The van der Waals surface area contributed by atoms with Crippen molar-refractivity contribution in [1.29, 1.82) is 0 Å². The normalized spacial score (nSPS) is 12.6. The zero-order valence-electron chi connectivity index (χ0n) is 17.7. The molecule has 0 saturated carbocycles. The van der Waals surface area contributed by atoms with Gasteiger partial charge < -0.3 is 25.3 Å². The lowest BCUT2D eigenvalue weighted by molar-refractivity contribution is -0.137. The largest absolute Gasteiger partial charge is 0.497 e. The molecule has 3 rings (SSSR count). The van der Waals surface area contributed by atoms with Gasteiger partial charge in [-0.1, -0.05) is 0 Å². The molecule has 0 radical (unpaired) electrons. The number of H-pyrrole nitrogens is 1. The minimum atomic E-state index is -1.33. The van der Waals surface area contributed by atoms with Crippen LogP contribution < -0.4 is 15.2 Å². The lowest BCUT2D eigenvalue weighted by Crippen LogP contribution is -2.31. The number of hydrogen-bond donors (Lipinski definition) is 4. The van der Waals surface area contributed by atoms with E-state index in [0.29, 0.717) is 5.16 Å². The number of nitrogens with zero attached hydrogens (tertiary/aromatic N) is 2. The standard InChI is InChI=1S/C17H19N3O3S.C3H7NO2S/c1-10-8-18-15(11(2)16(10)23-4)9-24(21)17-19-13-6-5-12(22-3)7-14(13)20-17;4-2(1-7)3(5)6/h5-8H,9H2,1-4H3,(H,19,20);2,7H,1,4H2,(H,5,6)/t;2-/m.0/s1. The van der Waals surface area contributed by atoms with Gasteiger partial charge in [-0.05, 0) is 26.0 Å². The molecule has 9 nitrogen and oxygen atoms in total. The fourth-order valence-electron chi connectivity index (χ4n) is 2.69. The van der Waals surface area contributed by atoms with Gasteiger partial charge in [0.1, 0.15) is 17.5 Å². The molecular formula is C20H26N4O5S2. The van der Waals surface area contributed by atoms with E-state index in [1.165, 1.54) is 0 Å². The van der Waals surface area contributed by atoms with Crippen LogP contribution in [0, 0.1) is 13.8 Å². The van der Waals surface area contributed by atoms with Gasteiger partial charge in [-0.25, -0.2) is 4.98 Å². The highest BCUT2D eigenvalue weighted by molar-refractivity contribution is 7.84. The summed E-state index contributed by atoms with van der Waals surface area (Å²) in [5.74, 6) is 0.972. The molecule has 2 heterocycles. The van der Waals surface area contributed by atoms with Crippen molar-refractivity contribution in [1.82, 2.24) is 15.0 Å². The van der Waals surface area contributed by atoms with Gasteiger partial charge >= 0.3 is 5.97 Å². The molecule has 1 aromatic carbocycles. The Morgan fingerprint density at radius 1 is 1.32 bits per heavy atom. The Morgan fingerprint density at radius 2 is 2.03 bits per heavy atom. The molecule has 0 aliphatic rings. The Bertz CT molecular complexity index is 1090. The summed E-state index contributed by atoms with van der Waals surface area (Å²) in [4.78, 5) is 21.7. The van der Waals surface area contributed by atoms with E-state index >= 15 is 0 Å². The van der Waals surface area contributed by atoms with Crippen molar-refractivity contribution in [3.8, 4) is 11.5 Å². The molecule has 0 spiro atoms. The molecule has 1 unspecified atom stereocenters. The van der Waals surface area contributed by atoms with E-state index in [2.05, 4.69) is 27.6 Å². The highest BCUT2D eigenvalue weighted by Gasteiger charge is 2.16. The van der Waals surface area contributed by atoms with Crippen LogP contribution in [-0.4, -0.2) is 56.3 Å². The third-order valence-electron chi connectivity index (χ3n) is 4.41. The second-order valence-corrected chi connectivity index (χ2v) is 8.32. The molecular weight excluding hydrogens is 440 g/mol. The summed E-state index contributed by atoms with van der Waals surface area (Å²) < 4.78 is 23.3. The molecule has 0 amide bonds. The lowest BCUT2D eigenvalue weighted by Gasteiger charge is -2.11. The Balaban J connectivity index is 0.000000423. The first kappa shape index (κ1) is 24.6. The monoisotopic (exact) mass is 466 g/mol. The van der Waals surface area contributed by atoms with E-state index in [1.807, 2.05) is 32.0 Å². The number of fused-ring (bicyclic) bond motifs is 1. The summed E-state index contributed by atoms with van der Waals surface area (Å²) in [5, 5.41) is 8.44. The van der Waals surface area contributed by atoms with Crippen LogP contribution in [0.5, 0.6) is 11.5 Å². The van der Waals surface area contributed by atoms with E-state index < -0.39 is 22.8 Å². The number of hydrogen-bond acceptors (Lipinski definition) is 8. The van der Waals surface area contributed by atoms with E-state index in [0.717, 1.165) is 39.4 Å². The van der Waals surface area contributed by atoms with Gasteiger partial charge in [-0.3, -0.25) is 14.0 Å². The van der Waals surface area contributed by atoms with Gasteiger partial charge in [0, 0.05) is 29.1 Å². The van der Waals surface area contributed by atoms with Gasteiger partial charge in [0.2, 0.25) is 0 Å². The molecule has 168 valence electrons. The summed E-state index contributed by atoms with van der Waals surface area (Å²) in [6, 6.07) is 4.68. The number of pyridine rings is 1. The molecule has 0 aliphatic carbocycles. The van der Waals surface area contributed by atoms with E-state index in [-0.39, 0.29) is 11.5 Å². The summed E-state index contributed by atoms with van der Waals surface area (Å²) in [6.45, 7) is 3.86. The number of carboxylic acid groups (broad SMARTS) is 1. The first-order valence-corrected chi connectivity index (χ1v) is 11.2. The van der Waals surface area contributed by atoms with Gasteiger partial charge in [0.05, 0.1) is 47.5 Å². The summed E-state index contributed by atoms with van der Waals surface area (Å²) in [6.07, 6.45) is 1.74. The second-order valence-electron chi connectivity index (χ2n) is 6.59. The molecule has 11 heteroatoms. The van der Waals surface area contributed by atoms with Gasteiger partial charge in [-0.2, -0.15) is 12.6 Å². The van der Waals surface area contributed by atoms with Crippen LogP contribution in [0.1, 0.15) is 16.8 Å². The molecule has 0 saturated heterocycles. The van der Waals surface area contributed by atoms with Crippen LogP contribution >= 0.6 is 12.6 Å². The fraction of sp³-hybridized carbons (Fsp3) is 0.350. The molecule has 2 aromatic heterocycles. The molecule has 0 aliphatic heterocycles. The van der Waals surface area contributed by atoms with Crippen LogP contribution in [0.3, 0.4) is 0 Å². The minimum Gasteiger partial charge on any atom is -0.497 e. The first-order chi connectivity index (χ1) is 14.7.